The summed E-state index contributed by atoms with van der Waals surface area (Å²) in [4.78, 5) is 17.8. The van der Waals surface area contributed by atoms with Crippen molar-refractivity contribution in [2.75, 3.05) is 26.3 Å². The van der Waals surface area contributed by atoms with Crippen molar-refractivity contribution in [3.8, 4) is 11.1 Å². The molecule has 3 saturated heterocycles. The molecular weight excluding hydrogens is 481 g/mol. The fraction of sp³-hybridized carbons (Fsp3) is 0.552. The number of aliphatic hydroxyl groups is 1. The summed E-state index contributed by atoms with van der Waals surface area (Å²) in [6, 6.07) is 12.7. The number of halogens is 3. The minimum absolute atomic E-state index is 0.104. The van der Waals surface area contributed by atoms with Crippen molar-refractivity contribution in [3.05, 3.63) is 59.2 Å². The highest BCUT2D eigenvalue weighted by atomic mass is 19.4. The molecule has 200 valence electrons. The van der Waals surface area contributed by atoms with E-state index in [0.29, 0.717) is 19.1 Å². The summed E-state index contributed by atoms with van der Waals surface area (Å²) in [5, 5.41) is 9.93. The third-order valence-corrected chi connectivity index (χ3v) is 8.39. The van der Waals surface area contributed by atoms with E-state index in [9.17, 15) is 23.1 Å². The van der Waals surface area contributed by atoms with E-state index in [-0.39, 0.29) is 23.6 Å². The lowest BCUT2D eigenvalue weighted by Gasteiger charge is -2.43. The Hall–Kier alpha value is -2.42. The van der Waals surface area contributed by atoms with E-state index in [1.54, 1.807) is 12.1 Å². The molecule has 3 aliphatic heterocycles. The van der Waals surface area contributed by atoms with Gasteiger partial charge in [-0.1, -0.05) is 42.5 Å². The maximum atomic E-state index is 13.2. The number of hydrogen-bond acceptors (Lipinski definition) is 4. The summed E-state index contributed by atoms with van der Waals surface area (Å²) in [6.07, 6.45) is -0.964. The lowest BCUT2D eigenvalue weighted by atomic mass is 9.92. The highest BCUT2D eigenvalue weighted by Gasteiger charge is 2.51. The van der Waals surface area contributed by atoms with E-state index in [1.807, 2.05) is 13.0 Å². The minimum Gasteiger partial charge on any atom is -0.381 e. The van der Waals surface area contributed by atoms with Gasteiger partial charge in [0.2, 0.25) is 5.91 Å². The maximum absolute atomic E-state index is 13.2. The molecule has 5 nitrogen and oxygen atoms in total. The molecule has 5 rings (SSSR count). The number of alkyl halides is 3. The summed E-state index contributed by atoms with van der Waals surface area (Å²) in [6.45, 7) is 6.71. The Kier molecular flexibility index (Phi) is 7.11. The molecule has 1 amide bonds. The van der Waals surface area contributed by atoms with Crippen molar-refractivity contribution in [1.29, 1.82) is 0 Å². The van der Waals surface area contributed by atoms with E-state index < -0.39 is 11.8 Å². The highest BCUT2D eigenvalue weighted by Crippen LogP contribution is 2.39. The van der Waals surface area contributed by atoms with E-state index in [1.165, 1.54) is 17.7 Å². The molecule has 3 atom stereocenters. The second kappa shape index (κ2) is 10.0. The van der Waals surface area contributed by atoms with Crippen LogP contribution in [0, 0.1) is 12.8 Å². The van der Waals surface area contributed by atoms with Crippen LogP contribution in [0.1, 0.15) is 49.3 Å². The number of ether oxygens (including phenoxy) is 1. The van der Waals surface area contributed by atoms with E-state index in [4.69, 9.17) is 4.74 Å². The summed E-state index contributed by atoms with van der Waals surface area (Å²) in [5.74, 6) is 0.422. The average molecular weight is 517 g/mol. The molecule has 0 aliphatic carbocycles. The van der Waals surface area contributed by atoms with Crippen molar-refractivity contribution in [2.24, 2.45) is 5.92 Å². The van der Waals surface area contributed by atoms with Crippen LogP contribution in [-0.2, 0) is 21.7 Å². The Bertz CT molecular complexity index is 1110. The van der Waals surface area contributed by atoms with Crippen LogP contribution in [0.4, 0.5) is 13.2 Å². The number of rotatable bonds is 5. The van der Waals surface area contributed by atoms with Gasteiger partial charge in [0.15, 0.2) is 5.60 Å². The number of carbonyl (C=O) groups is 1. The molecule has 3 unspecified atom stereocenters. The number of piperazine rings is 1. The number of carbonyl (C=O) groups excluding carboxylic acids is 1. The SMILES string of the molecule is Cc1cc(CN2CC3CCC(C2)N3C(=O)C2CCOCC2)ccc1-c1ccc(C(C)(O)C(F)(F)F)cc1. The number of nitrogens with zero attached hydrogens (tertiary/aromatic N) is 2. The maximum Gasteiger partial charge on any atom is 0.421 e. The Balaban J connectivity index is 1.24. The second-order valence-corrected chi connectivity index (χ2v) is 11.0. The van der Waals surface area contributed by atoms with Crippen LogP contribution in [0.3, 0.4) is 0 Å². The largest absolute Gasteiger partial charge is 0.421 e. The van der Waals surface area contributed by atoms with Crippen molar-refractivity contribution < 1.29 is 27.8 Å². The number of amides is 1. The standard InChI is InChI=1S/C29H35F3N2O3/c1-19-15-20(3-10-26(19)21-4-6-23(7-5-21)28(2,36)29(30,31)32)16-33-17-24-8-9-25(18-33)34(24)27(35)22-11-13-37-14-12-22/h3-7,10,15,22,24-25,36H,8-9,11-14,16-18H2,1-2H3. The third-order valence-electron chi connectivity index (χ3n) is 8.39. The number of fused-ring (bicyclic) bond motifs is 2. The Morgan fingerprint density at radius 1 is 1.00 bits per heavy atom. The zero-order valence-electron chi connectivity index (χ0n) is 21.4. The molecule has 0 saturated carbocycles. The molecule has 0 spiro atoms. The third kappa shape index (κ3) is 5.16. The zero-order chi connectivity index (χ0) is 26.4. The first-order valence-corrected chi connectivity index (χ1v) is 13.2. The number of hydrogen-bond donors (Lipinski definition) is 1. The van der Waals surface area contributed by atoms with Gasteiger partial charge in [-0.25, -0.2) is 0 Å². The van der Waals surface area contributed by atoms with E-state index in [2.05, 4.69) is 21.9 Å². The number of benzene rings is 2. The monoisotopic (exact) mass is 516 g/mol. The Morgan fingerprint density at radius 2 is 1.62 bits per heavy atom. The fourth-order valence-corrected chi connectivity index (χ4v) is 6.18. The van der Waals surface area contributed by atoms with Crippen LogP contribution in [-0.4, -0.2) is 65.4 Å². The average Bonchev–Trinajstić information content (AvgIpc) is 3.13. The van der Waals surface area contributed by atoms with Gasteiger partial charge in [-0.3, -0.25) is 9.69 Å². The molecule has 3 heterocycles. The van der Waals surface area contributed by atoms with Gasteiger partial charge in [-0.05, 0) is 67.3 Å². The predicted octanol–water partition coefficient (Wildman–Crippen LogP) is 5.03. The molecule has 2 aromatic rings. The minimum atomic E-state index is -4.74. The van der Waals surface area contributed by atoms with Crippen LogP contribution in [0.2, 0.25) is 0 Å². The smallest absolute Gasteiger partial charge is 0.381 e. The van der Waals surface area contributed by atoms with Crippen molar-refractivity contribution in [1.82, 2.24) is 9.80 Å². The van der Waals surface area contributed by atoms with Gasteiger partial charge in [0.25, 0.3) is 0 Å². The Morgan fingerprint density at radius 3 is 2.19 bits per heavy atom. The molecule has 2 bridgehead atoms. The lowest BCUT2D eigenvalue weighted by Crippen LogP contribution is -2.57. The van der Waals surface area contributed by atoms with Crippen LogP contribution in [0.5, 0.6) is 0 Å². The normalized spacial score (nSPS) is 24.8. The van der Waals surface area contributed by atoms with Gasteiger partial charge in [-0.15, -0.1) is 0 Å². The van der Waals surface area contributed by atoms with Crippen molar-refractivity contribution in [3.63, 3.8) is 0 Å². The topological polar surface area (TPSA) is 53.0 Å². The first-order chi connectivity index (χ1) is 17.5. The van der Waals surface area contributed by atoms with Crippen LogP contribution in [0.15, 0.2) is 42.5 Å². The molecule has 0 aromatic heterocycles. The van der Waals surface area contributed by atoms with Gasteiger partial charge in [0.05, 0.1) is 0 Å². The van der Waals surface area contributed by atoms with E-state index >= 15 is 0 Å². The molecule has 3 fully saturated rings. The Labute approximate surface area is 216 Å². The molecule has 1 N–H and O–H groups in total. The summed E-state index contributed by atoms with van der Waals surface area (Å²) in [5.41, 5.74) is 0.925. The summed E-state index contributed by atoms with van der Waals surface area (Å²) >= 11 is 0. The molecule has 8 heteroatoms. The van der Waals surface area contributed by atoms with E-state index in [0.717, 1.165) is 68.9 Å². The lowest BCUT2D eigenvalue weighted by molar-refractivity contribution is -0.258. The first kappa shape index (κ1) is 26.2. The number of likely N-dealkylation sites (tertiary alicyclic amines) is 1. The van der Waals surface area contributed by atoms with Gasteiger partial charge in [0, 0.05) is 50.8 Å². The number of aryl methyl sites for hydroxylation is 1. The van der Waals surface area contributed by atoms with Crippen LogP contribution < -0.4 is 0 Å². The second-order valence-electron chi connectivity index (χ2n) is 11.0. The van der Waals surface area contributed by atoms with Gasteiger partial charge < -0.3 is 14.7 Å². The molecule has 0 radical (unpaired) electrons. The molecule has 2 aromatic carbocycles. The zero-order valence-corrected chi connectivity index (χ0v) is 21.4. The summed E-state index contributed by atoms with van der Waals surface area (Å²) < 4.78 is 44.9. The van der Waals surface area contributed by atoms with Gasteiger partial charge >= 0.3 is 6.18 Å². The van der Waals surface area contributed by atoms with Crippen LogP contribution >= 0.6 is 0 Å². The molecule has 3 aliphatic rings. The van der Waals surface area contributed by atoms with Crippen LogP contribution in [0.25, 0.3) is 11.1 Å². The molecular formula is C29H35F3N2O3. The molecule has 37 heavy (non-hydrogen) atoms. The highest BCUT2D eigenvalue weighted by molar-refractivity contribution is 5.80. The first-order valence-electron chi connectivity index (χ1n) is 13.2. The quantitative estimate of drug-likeness (QED) is 0.606. The van der Waals surface area contributed by atoms with Gasteiger partial charge in [0.1, 0.15) is 0 Å². The van der Waals surface area contributed by atoms with Crippen molar-refractivity contribution >= 4 is 5.91 Å². The predicted molar refractivity (Wildman–Crippen MR) is 135 cm³/mol. The van der Waals surface area contributed by atoms with Crippen molar-refractivity contribution in [2.45, 2.75) is 69.9 Å². The van der Waals surface area contributed by atoms with Gasteiger partial charge in [-0.2, -0.15) is 13.2 Å². The summed E-state index contributed by atoms with van der Waals surface area (Å²) in [7, 11) is 0. The fourth-order valence-electron chi connectivity index (χ4n) is 6.18.